The third-order valence-corrected chi connectivity index (χ3v) is 5.96. The topological polar surface area (TPSA) is 35.5 Å². The van der Waals surface area contributed by atoms with Crippen molar-refractivity contribution in [3.8, 4) is 11.5 Å². The number of carbonyl (C=O) groups is 1. The summed E-state index contributed by atoms with van der Waals surface area (Å²) >= 11 is 6.09. The van der Waals surface area contributed by atoms with Crippen LogP contribution < -0.4 is 67.7 Å². The van der Waals surface area contributed by atoms with Gasteiger partial charge in [-0.3, -0.25) is 4.79 Å². The smallest absolute Gasteiger partial charge is 0.490 e. The zero-order chi connectivity index (χ0) is 18.5. The maximum absolute atomic E-state index is 14.5. The monoisotopic (exact) mass is 466 g/mol. The molecule has 3 nitrogen and oxygen atoms in total. The first kappa shape index (κ1) is 23.8. The van der Waals surface area contributed by atoms with Gasteiger partial charge in [-0.1, -0.05) is 31.4 Å². The normalized spacial score (nSPS) is 23.4. The maximum Gasteiger partial charge on any atom is 1.00 e. The number of carbonyl (C=O) groups excluding carboxylic acids is 1. The molecule has 0 spiro atoms. The first-order valence-corrected chi connectivity index (χ1v) is 10.1. The Labute approximate surface area is 215 Å². The van der Waals surface area contributed by atoms with Crippen molar-refractivity contribution in [3.63, 3.8) is 0 Å². The minimum Gasteiger partial charge on any atom is -0.490 e. The number of ether oxygens (including phenoxy) is 2. The fourth-order valence-electron chi connectivity index (χ4n) is 3.76. The number of hydrogen-bond donors (Lipinski definition) is 0. The molecule has 0 radical (unpaired) electrons. The molecule has 0 heterocycles. The molecule has 0 aromatic heterocycles. The molecule has 2 fully saturated rings. The van der Waals surface area contributed by atoms with E-state index in [0.29, 0.717) is 18.4 Å². The minimum atomic E-state index is -0.656. The van der Waals surface area contributed by atoms with Crippen molar-refractivity contribution in [1.29, 1.82) is 0 Å². The van der Waals surface area contributed by atoms with Gasteiger partial charge >= 0.3 is 64.2 Å². The Hall–Kier alpha value is 0.515. The van der Waals surface area contributed by atoms with Crippen LogP contribution in [-0.4, -0.2) is 12.6 Å². The van der Waals surface area contributed by atoms with Crippen molar-refractivity contribution in [2.75, 3.05) is 6.61 Å². The fourth-order valence-corrected chi connectivity index (χ4v) is 3.96. The zero-order valence-corrected chi connectivity index (χ0v) is 22.0. The van der Waals surface area contributed by atoms with E-state index in [0.717, 1.165) is 51.4 Å². The van der Waals surface area contributed by atoms with E-state index >= 15 is 0 Å². The second-order valence-electron chi connectivity index (χ2n) is 7.69. The molecule has 0 bridgehead atoms. The van der Waals surface area contributed by atoms with Gasteiger partial charge in [-0.05, 0) is 49.7 Å². The molecule has 1 aromatic carbocycles. The van der Waals surface area contributed by atoms with Crippen molar-refractivity contribution in [1.82, 2.24) is 0 Å². The number of rotatable bonds is 5. The summed E-state index contributed by atoms with van der Waals surface area (Å²) in [6, 6.07) is 3.03. The van der Waals surface area contributed by atoms with Crippen LogP contribution in [0.25, 0.3) is 0 Å². The van der Waals surface area contributed by atoms with Crippen LogP contribution in [0.5, 0.6) is 11.5 Å². The first-order chi connectivity index (χ1) is 12.5. The number of benzene rings is 1. The molecule has 0 N–H and O–H groups in total. The largest absolute Gasteiger partial charge is 1.00 e. The average Bonchev–Trinajstić information content (AvgIpc) is 2.66. The Bertz CT molecular complexity index is 626. The van der Waals surface area contributed by atoms with Gasteiger partial charge in [-0.15, -0.1) is 0 Å². The molecule has 2 saturated carbocycles. The van der Waals surface area contributed by atoms with Gasteiger partial charge in [0, 0.05) is 0 Å². The first-order valence-electron chi connectivity index (χ1n) is 9.68. The fraction of sp³-hybridized carbons (Fsp3) is 0.619. The van der Waals surface area contributed by atoms with Crippen molar-refractivity contribution < 1.29 is 76.8 Å². The maximum atomic E-state index is 14.5. The van der Waals surface area contributed by atoms with Gasteiger partial charge in [0.25, 0.3) is 0 Å². The van der Waals surface area contributed by atoms with Crippen LogP contribution in [0.2, 0.25) is 5.02 Å². The molecule has 144 valence electrons. The predicted octanol–water partition coefficient (Wildman–Crippen LogP) is 2.99. The van der Waals surface area contributed by atoms with E-state index in [1.54, 1.807) is 0 Å². The zero-order valence-electron chi connectivity index (χ0n) is 16.3. The average molecular weight is 467 g/mol. The van der Waals surface area contributed by atoms with Gasteiger partial charge in [0.15, 0.2) is 17.3 Å². The Balaban J connectivity index is 0.00000261. The van der Waals surface area contributed by atoms with Crippen molar-refractivity contribution >= 4 is 17.6 Å². The second-order valence-corrected chi connectivity index (χ2v) is 8.07. The third kappa shape index (κ3) is 6.77. The molecule has 0 amide bonds. The van der Waals surface area contributed by atoms with E-state index in [-0.39, 0.29) is 86.6 Å². The molecule has 0 unspecified atom stereocenters. The molecular weight excluding hydrogens is 440 g/mol. The van der Waals surface area contributed by atoms with Gasteiger partial charge in [0.1, 0.15) is 5.02 Å². The summed E-state index contributed by atoms with van der Waals surface area (Å²) in [5, 5.41) is -0.183. The number of hydrogen-bond acceptors (Lipinski definition) is 3. The predicted molar refractivity (Wildman–Crippen MR) is 99.9 cm³/mol. The van der Waals surface area contributed by atoms with Crippen molar-refractivity contribution in [2.45, 2.75) is 58.3 Å². The summed E-state index contributed by atoms with van der Waals surface area (Å²) in [5.41, 5.74) is 0. The van der Waals surface area contributed by atoms with Crippen LogP contribution >= 0.6 is 11.6 Å². The van der Waals surface area contributed by atoms with Crippen LogP contribution in [0.1, 0.15) is 58.3 Å². The van der Waals surface area contributed by atoms with Crippen molar-refractivity contribution in [2.24, 2.45) is 17.8 Å². The molecule has 27 heavy (non-hydrogen) atoms. The van der Waals surface area contributed by atoms with Gasteiger partial charge in [0.2, 0.25) is 0 Å². The molecule has 0 aliphatic heterocycles. The number of esters is 1. The van der Waals surface area contributed by atoms with Crippen LogP contribution in [0.3, 0.4) is 0 Å². The Morgan fingerprint density at radius 3 is 2.44 bits per heavy atom. The molecule has 0 atom stereocenters. The second kappa shape index (κ2) is 11.6. The molecule has 2 aliphatic carbocycles. The van der Waals surface area contributed by atoms with E-state index in [1.165, 1.54) is 12.1 Å². The van der Waals surface area contributed by atoms with Gasteiger partial charge in [-0.25, -0.2) is 4.39 Å². The molecule has 0 saturated heterocycles. The summed E-state index contributed by atoms with van der Waals surface area (Å²) in [5.74, 6) is 0.206. The summed E-state index contributed by atoms with van der Waals surface area (Å²) in [7, 11) is 0. The van der Waals surface area contributed by atoms with Crippen LogP contribution in [0, 0.1) is 30.0 Å². The summed E-state index contributed by atoms with van der Waals surface area (Å²) in [4.78, 5) is 12.3. The molecular formula is C21H27ClFO3Rb. The van der Waals surface area contributed by atoms with Crippen LogP contribution in [0.15, 0.2) is 12.1 Å². The van der Waals surface area contributed by atoms with Gasteiger partial charge in [-0.2, -0.15) is 12.8 Å². The Morgan fingerprint density at radius 2 is 1.78 bits per heavy atom. The standard InChI is InChI=1S/C21H27ClFO3.Rb/c1-14-7-9-16(10-8-14)21(24)26-17-11-12-18(20(23)19(17)22)25-13-15-5-3-2-4-6-15;/h2,11-12,14-16H,3-10,13H2,1H3;/q-1;+1. The van der Waals surface area contributed by atoms with E-state index in [4.69, 9.17) is 21.1 Å². The minimum absolute atomic E-state index is 0. The van der Waals surface area contributed by atoms with Gasteiger partial charge < -0.3 is 15.9 Å². The summed E-state index contributed by atoms with van der Waals surface area (Å²) in [6.45, 7) is 2.68. The molecule has 6 heteroatoms. The Morgan fingerprint density at radius 1 is 1.15 bits per heavy atom. The van der Waals surface area contributed by atoms with Crippen LogP contribution in [-0.2, 0) is 4.79 Å². The molecule has 1 aromatic rings. The number of halogens is 2. The summed E-state index contributed by atoms with van der Waals surface area (Å²) in [6.07, 6.45) is 10.3. The Kier molecular flexibility index (Phi) is 10.3. The van der Waals surface area contributed by atoms with E-state index < -0.39 is 5.82 Å². The SMILES string of the molecule is CC1CCC(C(=O)Oc2ccc(OCC3CC[CH-]CC3)c(F)c2Cl)CC1.[Rb+]. The molecule has 2 aliphatic rings. The molecule has 3 rings (SSSR count). The van der Waals surface area contributed by atoms with Gasteiger partial charge in [0.05, 0.1) is 12.5 Å². The third-order valence-electron chi connectivity index (χ3n) is 5.60. The van der Waals surface area contributed by atoms with Crippen molar-refractivity contribution in [3.05, 3.63) is 29.4 Å². The van der Waals surface area contributed by atoms with E-state index in [1.807, 2.05) is 0 Å². The van der Waals surface area contributed by atoms with E-state index in [9.17, 15) is 9.18 Å². The quantitative estimate of drug-likeness (QED) is 0.380. The van der Waals surface area contributed by atoms with Crippen LogP contribution in [0.4, 0.5) is 4.39 Å². The van der Waals surface area contributed by atoms with E-state index in [2.05, 4.69) is 13.3 Å². The summed E-state index contributed by atoms with van der Waals surface area (Å²) < 4.78 is 25.5.